The molecule has 0 unspecified atom stereocenters. The Hall–Kier alpha value is -2.46. The van der Waals surface area contributed by atoms with E-state index in [4.69, 9.17) is 0 Å². The average molecular weight is 379 g/mol. The van der Waals surface area contributed by atoms with E-state index in [-0.39, 0.29) is 17.7 Å². The molecule has 2 aromatic rings. The summed E-state index contributed by atoms with van der Waals surface area (Å²) in [5.74, 6) is 0.147. The van der Waals surface area contributed by atoms with E-state index in [0.717, 1.165) is 49.2 Å². The highest BCUT2D eigenvalue weighted by Crippen LogP contribution is 2.25. The van der Waals surface area contributed by atoms with Crippen LogP contribution in [0.15, 0.2) is 36.4 Å². The van der Waals surface area contributed by atoms with Gasteiger partial charge >= 0.3 is 0 Å². The van der Waals surface area contributed by atoms with Crippen LogP contribution in [0.3, 0.4) is 0 Å². The van der Waals surface area contributed by atoms with Gasteiger partial charge in [0.1, 0.15) is 0 Å². The number of aryl methyl sites for hydroxylation is 2. The Morgan fingerprint density at radius 1 is 1.04 bits per heavy atom. The van der Waals surface area contributed by atoms with E-state index >= 15 is 0 Å². The molecule has 1 heterocycles. The lowest BCUT2D eigenvalue weighted by atomic mass is 9.91. The highest BCUT2D eigenvalue weighted by Gasteiger charge is 2.23. The molecule has 28 heavy (non-hydrogen) atoms. The number of piperidine rings is 1. The van der Waals surface area contributed by atoms with Gasteiger partial charge in [0.2, 0.25) is 0 Å². The van der Waals surface area contributed by atoms with Crippen molar-refractivity contribution < 1.29 is 9.59 Å². The largest absolute Gasteiger partial charge is 0.349 e. The van der Waals surface area contributed by atoms with Gasteiger partial charge in [0.25, 0.3) is 5.91 Å². The molecule has 2 aromatic carbocycles. The quantitative estimate of drug-likeness (QED) is 0.793. The summed E-state index contributed by atoms with van der Waals surface area (Å²) < 4.78 is 0. The van der Waals surface area contributed by atoms with Crippen molar-refractivity contribution in [2.75, 3.05) is 13.1 Å². The smallest absolute Gasteiger partial charge is 0.251 e. The molecule has 1 amide bonds. The first-order valence-electron chi connectivity index (χ1n) is 10.1. The zero-order valence-electron chi connectivity index (χ0n) is 17.3. The molecular formula is C24H30N2O2. The maximum atomic E-state index is 12.4. The predicted octanol–water partition coefficient (Wildman–Crippen LogP) is 4.21. The monoisotopic (exact) mass is 378 g/mol. The van der Waals surface area contributed by atoms with Gasteiger partial charge in [0, 0.05) is 36.8 Å². The van der Waals surface area contributed by atoms with Gasteiger partial charge in [-0.15, -0.1) is 0 Å². The molecule has 148 valence electrons. The number of Topliss-reactive ketones (excluding diaryl/α,β-unsaturated/α-hetero) is 1. The summed E-state index contributed by atoms with van der Waals surface area (Å²) in [4.78, 5) is 26.8. The van der Waals surface area contributed by atoms with Crippen molar-refractivity contribution in [3.8, 4) is 0 Å². The fourth-order valence-electron chi connectivity index (χ4n) is 4.33. The Morgan fingerprint density at radius 3 is 2.29 bits per heavy atom. The molecule has 0 saturated carbocycles. The van der Waals surface area contributed by atoms with E-state index in [0.29, 0.717) is 5.56 Å². The van der Waals surface area contributed by atoms with Crippen LogP contribution >= 0.6 is 0 Å². The third kappa shape index (κ3) is 4.50. The second-order valence-electron chi connectivity index (χ2n) is 7.94. The van der Waals surface area contributed by atoms with Crippen LogP contribution in [0.5, 0.6) is 0 Å². The zero-order valence-corrected chi connectivity index (χ0v) is 17.3. The number of nitrogens with one attached hydrogen (secondary N) is 1. The van der Waals surface area contributed by atoms with Crippen molar-refractivity contribution in [1.29, 1.82) is 0 Å². The molecule has 1 fully saturated rings. The van der Waals surface area contributed by atoms with Gasteiger partial charge in [-0.3, -0.25) is 14.5 Å². The van der Waals surface area contributed by atoms with Crippen molar-refractivity contribution in [3.63, 3.8) is 0 Å². The molecule has 0 aliphatic carbocycles. The number of amides is 1. The highest BCUT2D eigenvalue weighted by atomic mass is 16.1. The Kier molecular flexibility index (Phi) is 6.30. The standard InChI is InChI=1S/C24H30N2O2/c1-16-14-17(2)23(19(4)27)18(3)22(16)15-26-12-10-21(11-13-26)25-24(28)20-8-6-5-7-9-20/h5-9,14,21H,10-13,15H2,1-4H3,(H,25,28). The maximum absolute atomic E-state index is 12.4. The number of hydrogen-bond acceptors (Lipinski definition) is 3. The number of hydrogen-bond donors (Lipinski definition) is 1. The molecule has 4 heteroatoms. The van der Waals surface area contributed by atoms with Gasteiger partial charge in [-0.25, -0.2) is 0 Å². The lowest BCUT2D eigenvalue weighted by Crippen LogP contribution is -2.44. The predicted molar refractivity (Wildman–Crippen MR) is 113 cm³/mol. The van der Waals surface area contributed by atoms with Crippen LogP contribution in [0.1, 0.15) is 62.7 Å². The summed E-state index contributed by atoms with van der Waals surface area (Å²) in [7, 11) is 0. The zero-order chi connectivity index (χ0) is 20.3. The van der Waals surface area contributed by atoms with Gasteiger partial charge in [0.15, 0.2) is 5.78 Å². The summed E-state index contributed by atoms with van der Waals surface area (Å²) in [6.45, 7) is 10.6. The Morgan fingerprint density at radius 2 is 1.68 bits per heavy atom. The average Bonchev–Trinajstić information content (AvgIpc) is 2.66. The molecule has 1 aliphatic rings. The minimum absolute atomic E-state index is 0.00961. The van der Waals surface area contributed by atoms with E-state index in [2.05, 4.69) is 30.1 Å². The Bertz CT molecular complexity index is 866. The van der Waals surface area contributed by atoms with Gasteiger partial charge < -0.3 is 5.32 Å². The van der Waals surface area contributed by atoms with Gasteiger partial charge in [-0.2, -0.15) is 0 Å². The molecule has 1 N–H and O–H groups in total. The molecule has 0 aromatic heterocycles. The van der Waals surface area contributed by atoms with Crippen LogP contribution in [-0.4, -0.2) is 35.7 Å². The molecular weight excluding hydrogens is 348 g/mol. The summed E-state index contributed by atoms with van der Waals surface area (Å²) in [6.07, 6.45) is 1.89. The lowest BCUT2D eigenvalue weighted by Gasteiger charge is -2.33. The van der Waals surface area contributed by atoms with Crippen LogP contribution in [0.2, 0.25) is 0 Å². The Labute approximate surface area is 167 Å². The second-order valence-corrected chi connectivity index (χ2v) is 7.94. The lowest BCUT2D eigenvalue weighted by molar-refractivity contribution is 0.0908. The molecule has 0 radical (unpaired) electrons. The molecule has 0 bridgehead atoms. The highest BCUT2D eigenvalue weighted by molar-refractivity contribution is 5.97. The van der Waals surface area contributed by atoms with Crippen molar-refractivity contribution in [1.82, 2.24) is 10.2 Å². The summed E-state index contributed by atoms with van der Waals surface area (Å²) in [6, 6.07) is 11.7. The minimum Gasteiger partial charge on any atom is -0.349 e. The van der Waals surface area contributed by atoms with E-state index in [1.807, 2.05) is 37.3 Å². The SMILES string of the molecule is CC(=O)c1c(C)cc(C)c(CN2CCC(NC(=O)c3ccccc3)CC2)c1C. The molecule has 4 nitrogen and oxygen atoms in total. The molecule has 0 spiro atoms. The number of nitrogens with zero attached hydrogens (tertiary/aromatic N) is 1. The van der Waals surface area contributed by atoms with Crippen LogP contribution in [-0.2, 0) is 6.54 Å². The molecule has 0 atom stereocenters. The van der Waals surface area contributed by atoms with E-state index in [1.165, 1.54) is 11.1 Å². The van der Waals surface area contributed by atoms with Crippen molar-refractivity contribution in [2.24, 2.45) is 0 Å². The number of ketones is 1. The first-order valence-corrected chi connectivity index (χ1v) is 10.1. The normalized spacial score (nSPS) is 15.4. The Balaban J connectivity index is 1.61. The minimum atomic E-state index is 0.00961. The number of likely N-dealkylation sites (tertiary alicyclic amines) is 1. The molecule has 1 saturated heterocycles. The van der Waals surface area contributed by atoms with E-state index < -0.39 is 0 Å². The summed E-state index contributed by atoms with van der Waals surface area (Å²) in [5, 5.41) is 3.16. The number of rotatable bonds is 5. The fraction of sp³-hybridized carbons (Fsp3) is 0.417. The van der Waals surface area contributed by atoms with Gasteiger partial charge in [0.05, 0.1) is 0 Å². The first-order chi connectivity index (χ1) is 13.4. The fourth-order valence-corrected chi connectivity index (χ4v) is 4.33. The van der Waals surface area contributed by atoms with Crippen LogP contribution in [0.25, 0.3) is 0 Å². The van der Waals surface area contributed by atoms with Crippen LogP contribution in [0, 0.1) is 20.8 Å². The van der Waals surface area contributed by atoms with Crippen molar-refractivity contribution in [3.05, 3.63) is 69.8 Å². The second kappa shape index (κ2) is 8.70. The van der Waals surface area contributed by atoms with Crippen molar-refractivity contribution >= 4 is 11.7 Å². The topological polar surface area (TPSA) is 49.4 Å². The first kappa shape index (κ1) is 20.3. The van der Waals surface area contributed by atoms with Crippen LogP contribution < -0.4 is 5.32 Å². The number of benzene rings is 2. The summed E-state index contributed by atoms with van der Waals surface area (Å²) in [5.41, 5.74) is 6.28. The maximum Gasteiger partial charge on any atom is 0.251 e. The van der Waals surface area contributed by atoms with E-state index in [1.54, 1.807) is 6.92 Å². The third-order valence-corrected chi connectivity index (χ3v) is 5.82. The molecule has 1 aliphatic heterocycles. The van der Waals surface area contributed by atoms with Gasteiger partial charge in [-0.05, 0) is 74.9 Å². The van der Waals surface area contributed by atoms with Gasteiger partial charge in [-0.1, -0.05) is 24.3 Å². The van der Waals surface area contributed by atoms with E-state index in [9.17, 15) is 9.59 Å². The number of carbonyl (C=O) groups excluding carboxylic acids is 2. The van der Waals surface area contributed by atoms with Crippen molar-refractivity contribution in [2.45, 2.75) is 53.1 Å². The third-order valence-electron chi connectivity index (χ3n) is 5.82. The van der Waals surface area contributed by atoms with Crippen LogP contribution in [0.4, 0.5) is 0 Å². The molecule has 3 rings (SSSR count). The summed E-state index contributed by atoms with van der Waals surface area (Å²) >= 11 is 0. The number of carbonyl (C=O) groups is 2.